The van der Waals surface area contributed by atoms with E-state index in [-0.39, 0.29) is 99.4 Å². The zero-order valence-electron chi connectivity index (χ0n) is 44.0. The van der Waals surface area contributed by atoms with Gasteiger partial charge in [0.1, 0.15) is 44.3 Å². The standard InChI is InChI=1S/C53H67N9O14/c1-9-34-35-22-33(17-18-39(35)57-45-36(34)24-62-41(45)23-38-37(48(62)67)26-74-49(68)53(38,72)10-2)76-52(71)61(8)21-20-60(7)51(70)75-25-31-13-15-32(16-14-31)56-46(65)40(12-11-19-55-50(54)69)58-47(66)44(30(5)6)59-43(64)28-73-27-42(63)29(3)4/h13-18,22-23,29-30,40,44,72H,9-12,19-21,24-28H2,1-8H3,(H,56,65)(H,58,66)(H,59,64)(H3,54,55,69)/t40-,44-,53-/m0/s1. The van der Waals surface area contributed by atoms with E-state index in [0.717, 1.165) is 16.5 Å². The summed E-state index contributed by atoms with van der Waals surface area (Å²) in [5.74, 6) is -3.21. The van der Waals surface area contributed by atoms with E-state index in [4.69, 9.17) is 29.7 Å². The molecule has 0 aliphatic carbocycles. The van der Waals surface area contributed by atoms with Crippen molar-refractivity contribution in [3.8, 4) is 17.1 Å². The van der Waals surface area contributed by atoms with Crippen molar-refractivity contribution in [1.29, 1.82) is 0 Å². The van der Waals surface area contributed by atoms with Crippen LogP contribution >= 0.6 is 0 Å². The van der Waals surface area contributed by atoms with E-state index >= 15 is 0 Å². The van der Waals surface area contributed by atoms with Crippen LogP contribution in [-0.2, 0) is 70.0 Å². The van der Waals surface area contributed by atoms with Crippen molar-refractivity contribution in [2.24, 2.45) is 17.6 Å². The van der Waals surface area contributed by atoms with Gasteiger partial charge in [-0.2, -0.15) is 0 Å². The molecule has 2 aliphatic heterocycles. The SMILES string of the molecule is CCc1c2c(nc3ccc(OC(=O)N(C)CCN(C)C(=O)OCc4ccc(NC(=O)[C@H](CCCNC(N)=O)NC(=O)[C@@H](NC(=O)COCC(=O)C(C)C)C(C)C)cc4)cc13)-c1cc3c(c(=O)n1C2)COC(=O)[C@]3(O)CC. The monoisotopic (exact) mass is 1050 g/mol. The summed E-state index contributed by atoms with van der Waals surface area (Å²) in [6.45, 7) is 9.96. The second-order valence-corrected chi connectivity index (χ2v) is 19.4. The Morgan fingerprint density at radius 2 is 1.59 bits per heavy atom. The van der Waals surface area contributed by atoms with Gasteiger partial charge in [-0.1, -0.05) is 53.7 Å². The molecule has 6 rings (SSSR count). The number of rotatable bonds is 23. The molecule has 23 heteroatoms. The molecule has 0 saturated carbocycles. The zero-order chi connectivity index (χ0) is 55.6. The van der Waals surface area contributed by atoms with Crippen LogP contribution in [0.1, 0.15) is 88.6 Å². The molecule has 0 spiro atoms. The predicted molar refractivity (Wildman–Crippen MR) is 277 cm³/mol. The first kappa shape index (κ1) is 57.4. The largest absolute Gasteiger partial charge is 0.458 e. The van der Waals surface area contributed by atoms with Crippen molar-refractivity contribution in [1.82, 2.24) is 35.3 Å². The van der Waals surface area contributed by atoms with E-state index in [1.807, 2.05) is 6.92 Å². The summed E-state index contributed by atoms with van der Waals surface area (Å²) in [5, 5.41) is 22.5. The highest BCUT2D eigenvalue weighted by atomic mass is 16.6. The molecule has 76 heavy (non-hydrogen) atoms. The third-order valence-electron chi connectivity index (χ3n) is 13.3. The van der Waals surface area contributed by atoms with Crippen LogP contribution in [-0.4, -0.2) is 131 Å². The average molecular weight is 1050 g/mol. The number of ketones is 1. The van der Waals surface area contributed by atoms with Crippen LogP contribution < -0.4 is 37.3 Å². The molecule has 4 aromatic rings. The molecule has 23 nitrogen and oxygen atoms in total. The van der Waals surface area contributed by atoms with Gasteiger partial charge in [-0.15, -0.1) is 0 Å². The number of nitrogens with two attached hydrogens (primary N) is 1. The molecule has 0 unspecified atom stereocenters. The summed E-state index contributed by atoms with van der Waals surface area (Å²) < 4.78 is 23.2. The normalized spacial score (nSPS) is 15.1. The van der Waals surface area contributed by atoms with Gasteiger partial charge in [-0.05, 0) is 79.1 Å². The summed E-state index contributed by atoms with van der Waals surface area (Å²) in [4.78, 5) is 123. The number of likely N-dealkylation sites (N-methyl/N-ethyl adjacent to an activating group) is 2. The molecule has 0 radical (unpaired) electrons. The number of esters is 1. The van der Waals surface area contributed by atoms with Crippen LogP contribution in [0.4, 0.5) is 20.1 Å². The number of fused-ring (bicyclic) bond motifs is 5. The Bertz CT molecular complexity index is 2940. The average Bonchev–Trinajstić information content (AvgIpc) is 3.77. The lowest BCUT2D eigenvalue weighted by Gasteiger charge is -2.31. The number of amides is 7. The van der Waals surface area contributed by atoms with Crippen molar-refractivity contribution < 1.29 is 62.4 Å². The molecule has 0 saturated heterocycles. The number of urea groups is 1. The molecule has 408 valence electrons. The molecular formula is C53H67N9O14. The number of nitrogens with one attached hydrogen (secondary N) is 4. The molecular weight excluding hydrogens is 987 g/mol. The number of cyclic esters (lactones) is 1. The number of carbonyl (C=O) groups is 8. The maximum Gasteiger partial charge on any atom is 0.415 e. The summed E-state index contributed by atoms with van der Waals surface area (Å²) in [5.41, 5.74) is 7.63. The molecule has 2 aromatic heterocycles. The molecule has 2 aliphatic rings. The highest BCUT2D eigenvalue weighted by molar-refractivity contribution is 5.98. The zero-order valence-corrected chi connectivity index (χ0v) is 44.0. The summed E-state index contributed by atoms with van der Waals surface area (Å²) >= 11 is 0. The number of hydrogen-bond acceptors (Lipinski definition) is 15. The first-order chi connectivity index (χ1) is 36.1. The van der Waals surface area contributed by atoms with Gasteiger partial charge in [-0.25, -0.2) is 24.2 Å². The number of anilines is 1. The Hall–Kier alpha value is -7.92. The Kier molecular flexibility index (Phi) is 18.9. The number of aliphatic hydroxyl groups is 1. The van der Waals surface area contributed by atoms with Gasteiger partial charge in [0, 0.05) is 61.8 Å². The van der Waals surface area contributed by atoms with Gasteiger partial charge in [0.2, 0.25) is 17.7 Å². The molecule has 0 bridgehead atoms. The number of ether oxygens (including phenoxy) is 4. The van der Waals surface area contributed by atoms with Crippen molar-refractivity contribution in [2.45, 2.75) is 105 Å². The van der Waals surface area contributed by atoms with Gasteiger partial charge < -0.3 is 65.4 Å². The molecule has 7 amide bonds. The molecule has 4 heterocycles. The minimum Gasteiger partial charge on any atom is -0.458 e. The van der Waals surface area contributed by atoms with Gasteiger partial charge in [0.15, 0.2) is 11.4 Å². The highest BCUT2D eigenvalue weighted by Gasteiger charge is 2.45. The Morgan fingerprint density at radius 1 is 0.895 bits per heavy atom. The summed E-state index contributed by atoms with van der Waals surface area (Å²) in [6.07, 6.45) is -0.390. The number of hydrogen-bond donors (Lipinski definition) is 6. The fraction of sp³-hybridized carbons (Fsp3) is 0.472. The predicted octanol–water partition coefficient (Wildman–Crippen LogP) is 3.60. The van der Waals surface area contributed by atoms with Gasteiger partial charge in [-0.3, -0.25) is 24.0 Å². The first-order valence-corrected chi connectivity index (χ1v) is 25.1. The Balaban J connectivity index is 0.997. The van der Waals surface area contributed by atoms with Crippen LogP contribution in [0.2, 0.25) is 0 Å². The summed E-state index contributed by atoms with van der Waals surface area (Å²) in [7, 11) is 3.04. The lowest BCUT2D eigenvalue weighted by atomic mass is 9.86. The van der Waals surface area contributed by atoms with Gasteiger partial charge >= 0.3 is 24.2 Å². The molecule has 2 aromatic carbocycles. The maximum absolute atomic E-state index is 13.7. The maximum atomic E-state index is 13.7. The number of benzene rings is 2. The highest BCUT2D eigenvalue weighted by Crippen LogP contribution is 2.41. The minimum atomic E-state index is -1.95. The number of primary amides is 1. The third kappa shape index (κ3) is 13.5. The van der Waals surface area contributed by atoms with Crippen molar-refractivity contribution in [2.75, 3.05) is 52.3 Å². The van der Waals surface area contributed by atoms with E-state index < -0.39 is 72.1 Å². The lowest BCUT2D eigenvalue weighted by molar-refractivity contribution is -0.172. The number of pyridine rings is 2. The van der Waals surface area contributed by atoms with Crippen LogP contribution in [0.25, 0.3) is 22.3 Å². The fourth-order valence-electron chi connectivity index (χ4n) is 8.65. The first-order valence-electron chi connectivity index (χ1n) is 25.1. The van der Waals surface area contributed by atoms with Crippen LogP contribution in [0.5, 0.6) is 5.75 Å². The van der Waals surface area contributed by atoms with E-state index in [2.05, 4.69) is 21.3 Å². The van der Waals surface area contributed by atoms with Crippen molar-refractivity contribution >= 4 is 64.3 Å². The van der Waals surface area contributed by atoms with Crippen LogP contribution in [0, 0.1) is 11.8 Å². The van der Waals surface area contributed by atoms with E-state index in [9.17, 15) is 48.3 Å². The van der Waals surface area contributed by atoms with E-state index in [1.54, 1.807) is 87.7 Å². The number of aromatic nitrogens is 2. The van der Waals surface area contributed by atoms with Crippen LogP contribution in [0.3, 0.4) is 0 Å². The number of nitrogens with zero attached hydrogens (tertiary/aromatic N) is 4. The van der Waals surface area contributed by atoms with E-state index in [1.165, 1.54) is 23.9 Å². The summed E-state index contributed by atoms with van der Waals surface area (Å²) in [6, 6.07) is 10.3. The van der Waals surface area contributed by atoms with Crippen molar-refractivity contribution in [3.05, 3.63) is 86.7 Å². The number of Topliss-reactive ketones (excluding diaryl/α,β-unsaturated/α-hetero) is 1. The van der Waals surface area contributed by atoms with Gasteiger partial charge in [0.25, 0.3) is 5.56 Å². The topological polar surface area (TPSA) is 309 Å². The van der Waals surface area contributed by atoms with Crippen molar-refractivity contribution in [3.63, 3.8) is 0 Å². The quantitative estimate of drug-likeness (QED) is 0.0402. The third-order valence-corrected chi connectivity index (χ3v) is 13.3. The lowest BCUT2D eigenvalue weighted by Crippen LogP contribution is -2.55. The smallest absolute Gasteiger partial charge is 0.415 e. The number of carbonyl (C=O) groups excluding carboxylic acids is 8. The molecule has 3 atom stereocenters. The molecule has 0 fully saturated rings. The van der Waals surface area contributed by atoms with Gasteiger partial charge in [0.05, 0.1) is 29.0 Å². The Morgan fingerprint density at radius 3 is 2.24 bits per heavy atom. The fourth-order valence-corrected chi connectivity index (χ4v) is 8.65. The second-order valence-electron chi connectivity index (χ2n) is 19.4. The van der Waals surface area contributed by atoms with Crippen LogP contribution in [0.15, 0.2) is 53.3 Å². The Labute approximate surface area is 439 Å². The minimum absolute atomic E-state index is 0.0261. The second kappa shape index (κ2) is 25.1. The van der Waals surface area contributed by atoms with E-state index in [0.29, 0.717) is 34.6 Å². The molecule has 7 N–H and O–H groups in total. The number of aryl methyl sites for hydroxylation is 1.